The van der Waals surface area contributed by atoms with Gasteiger partial charge in [-0.2, -0.15) is 8.78 Å². The monoisotopic (exact) mass is 333 g/mol. The summed E-state index contributed by atoms with van der Waals surface area (Å²) in [6, 6.07) is 14.9. The van der Waals surface area contributed by atoms with E-state index >= 15 is 0 Å². The maximum Gasteiger partial charge on any atom is 0.407 e. The number of epoxide rings is 1. The molecule has 2 aromatic carbocycles. The SMILES string of the molecule is O=C(NC(C1CO1)C(F)(F)c1ccccc1)OCc1ccccc1. The number of rotatable bonds is 6. The first-order valence-electron chi connectivity index (χ1n) is 7.59. The number of benzene rings is 2. The number of alkyl halides is 2. The van der Waals surface area contributed by atoms with Gasteiger partial charge in [0.2, 0.25) is 0 Å². The van der Waals surface area contributed by atoms with Crippen LogP contribution in [0.4, 0.5) is 13.6 Å². The molecule has 1 fully saturated rings. The highest BCUT2D eigenvalue weighted by Gasteiger charge is 2.51. The van der Waals surface area contributed by atoms with Crippen molar-refractivity contribution in [1.82, 2.24) is 5.32 Å². The molecule has 0 saturated carbocycles. The van der Waals surface area contributed by atoms with Gasteiger partial charge < -0.3 is 14.8 Å². The van der Waals surface area contributed by atoms with Crippen molar-refractivity contribution < 1.29 is 23.0 Å². The van der Waals surface area contributed by atoms with Crippen LogP contribution < -0.4 is 5.32 Å². The lowest BCUT2D eigenvalue weighted by molar-refractivity contribution is -0.0509. The van der Waals surface area contributed by atoms with Gasteiger partial charge in [0.1, 0.15) is 18.8 Å². The molecule has 1 saturated heterocycles. The number of alkyl carbamates (subject to hydrolysis) is 1. The van der Waals surface area contributed by atoms with Gasteiger partial charge in [0.15, 0.2) is 0 Å². The fourth-order valence-corrected chi connectivity index (χ4v) is 2.40. The molecule has 4 nitrogen and oxygen atoms in total. The Bertz CT molecular complexity index is 675. The summed E-state index contributed by atoms with van der Waals surface area (Å²) >= 11 is 0. The Labute approximate surface area is 138 Å². The molecule has 0 aliphatic carbocycles. The molecular formula is C18H17F2NO3. The summed E-state index contributed by atoms with van der Waals surface area (Å²) in [6.45, 7) is 0.202. The molecule has 0 bridgehead atoms. The van der Waals surface area contributed by atoms with E-state index in [9.17, 15) is 13.6 Å². The predicted octanol–water partition coefficient (Wildman–Crippen LogP) is 3.47. The largest absolute Gasteiger partial charge is 0.445 e. The number of carbonyl (C=O) groups is 1. The molecule has 2 unspecified atom stereocenters. The van der Waals surface area contributed by atoms with E-state index in [0.29, 0.717) is 0 Å². The van der Waals surface area contributed by atoms with Crippen LogP contribution in [-0.2, 0) is 22.0 Å². The fourth-order valence-electron chi connectivity index (χ4n) is 2.40. The molecule has 0 radical (unpaired) electrons. The topological polar surface area (TPSA) is 50.9 Å². The van der Waals surface area contributed by atoms with Crippen molar-refractivity contribution in [1.29, 1.82) is 0 Å². The third-order valence-electron chi connectivity index (χ3n) is 3.77. The Balaban J connectivity index is 1.65. The number of hydrogen-bond donors (Lipinski definition) is 1. The van der Waals surface area contributed by atoms with E-state index in [2.05, 4.69) is 5.32 Å². The second-order valence-electron chi connectivity index (χ2n) is 5.54. The summed E-state index contributed by atoms with van der Waals surface area (Å²) in [7, 11) is 0. The van der Waals surface area contributed by atoms with Crippen LogP contribution in [0.2, 0.25) is 0 Å². The van der Waals surface area contributed by atoms with E-state index in [0.717, 1.165) is 5.56 Å². The van der Waals surface area contributed by atoms with Crippen molar-refractivity contribution in [3.63, 3.8) is 0 Å². The first-order valence-corrected chi connectivity index (χ1v) is 7.59. The zero-order valence-corrected chi connectivity index (χ0v) is 12.8. The highest BCUT2D eigenvalue weighted by molar-refractivity contribution is 5.68. The third-order valence-corrected chi connectivity index (χ3v) is 3.77. The molecule has 126 valence electrons. The molecule has 1 heterocycles. The van der Waals surface area contributed by atoms with Crippen LogP contribution in [-0.4, -0.2) is 24.8 Å². The van der Waals surface area contributed by atoms with Crippen molar-refractivity contribution in [3.05, 3.63) is 71.8 Å². The van der Waals surface area contributed by atoms with Gasteiger partial charge >= 0.3 is 6.09 Å². The lowest BCUT2D eigenvalue weighted by Crippen LogP contribution is -2.49. The minimum atomic E-state index is -3.26. The summed E-state index contributed by atoms with van der Waals surface area (Å²) in [5, 5.41) is 2.25. The average Bonchev–Trinajstić information content (AvgIpc) is 3.44. The van der Waals surface area contributed by atoms with Gasteiger partial charge in [-0.05, 0) is 5.56 Å². The lowest BCUT2D eigenvalue weighted by Gasteiger charge is -2.26. The maximum atomic E-state index is 14.7. The zero-order chi connectivity index (χ0) is 17.0. The summed E-state index contributed by atoms with van der Waals surface area (Å²) in [5.41, 5.74) is 0.607. The van der Waals surface area contributed by atoms with E-state index in [-0.39, 0.29) is 18.8 Å². The van der Waals surface area contributed by atoms with Crippen molar-refractivity contribution in [2.24, 2.45) is 0 Å². The van der Waals surface area contributed by atoms with Crippen LogP contribution in [0.5, 0.6) is 0 Å². The standard InChI is InChI=1S/C18H17F2NO3/c19-18(20,14-9-5-2-6-10-14)16(15-12-23-15)21-17(22)24-11-13-7-3-1-4-8-13/h1-10,15-16H,11-12H2,(H,21,22). The van der Waals surface area contributed by atoms with Crippen molar-refractivity contribution in [3.8, 4) is 0 Å². The predicted molar refractivity (Wildman–Crippen MR) is 83.6 cm³/mol. The van der Waals surface area contributed by atoms with E-state index < -0.39 is 24.2 Å². The summed E-state index contributed by atoms with van der Waals surface area (Å²) < 4.78 is 39.4. The molecule has 1 N–H and O–H groups in total. The second kappa shape index (κ2) is 6.97. The highest BCUT2D eigenvalue weighted by atomic mass is 19.3. The molecular weight excluding hydrogens is 316 g/mol. The van der Waals surface area contributed by atoms with Gasteiger partial charge in [-0.3, -0.25) is 0 Å². The minimum Gasteiger partial charge on any atom is -0.445 e. The molecule has 6 heteroatoms. The lowest BCUT2D eigenvalue weighted by atomic mass is 9.99. The molecule has 2 atom stereocenters. The molecule has 2 aromatic rings. The van der Waals surface area contributed by atoms with Gasteiger partial charge in [0.25, 0.3) is 5.92 Å². The van der Waals surface area contributed by atoms with Crippen LogP contribution in [0.25, 0.3) is 0 Å². The van der Waals surface area contributed by atoms with Crippen molar-refractivity contribution >= 4 is 6.09 Å². The number of amides is 1. The van der Waals surface area contributed by atoms with Crippen molar-refractivity contribution in [2.75, 3.05) is 6.61 Å². The average molecular weight is 333 g/mol. The van der Waals surface area contributed by atoms with E-state index in [1.807, 2.05) is 6.07 Å². The van der Waals surface area contributed by atoms with E-state index in [1.54, 1.807) is 30.3 Å². The van der Waals surface area contributed by atoms with Crippen LogP contribution in [0.15, 0.2) is 60.7 Å². The molecule has 0 spiro atoms. The molecule has 1 amide bonds. The molecule has 1 aliphatic rings. The van der Waals surface area contributed by atoms with E-state index in [4.69, 9.17) is 9.47 Å². The van der Waals surface area contributed by atoms with Gasteiger partial charge in [-0.25, -0.2) is 4.79 Å². The smallest absolute Gasteiger partial charge is 0.407 e. The molecule has 1 aliphatic heterocycles. The van der Waals surface area contributed by atoms with Gasteiger partial charge in [0, 0.05) is 5.56 Å². The maximum absolute atomic E-state index is 14.7. The Kier molecular flexibility index (Phi) is 4.76. The molecule has 0 aromatic heterocycles. The van der Waals surface area contributed by atoms with Gasteiger partial charge in [0.05, 0.1) is 6.61 Å². The third kappa shape index (κ3) is 3.89. The summed E-state index contributed by atoms with van der Waals surface area (Å²) in [6.07, 6.45) is -1.61. The first-order chi connectivity index (χ1) is 11.6. The number of halogens is 2. The minimum absolute atomic E-state index is 0.0157. The van der Waals surface area contributed by atoms with E-state index in [1.165, 1.54) is 24.3 Å². The molecule has 3 rings (SSSR count). The number of hydrogen-bond acceptors (Lipinski definition) is 3. The second-order valence-corrected chi connectivity index (χ2v) is 5.54. The Morgan fingerprint density at radius 1 is 1.17 bits per heavy atom. The van der Waals surface area contributed by atoms with Crippen LogP contribution in [0, 0.1) is 0 Å². The zero-order valence-electron chi connectivity index (χ0n) is 12.8. The number of nitrogens with one attached hydrogen (secondary N) is 1. The van der Waals surface area contributed by atoms with Crippen LogP contribution >= 0.6 is 0 Å². The highest BCUT2D eigenvalue weighted by Crippen LogP contribution is 2.37. The summed E-state index contributed by atoms with van der Waals surface area (Å²) in [5.74, 6) is -3.26. The Morgan fingerprint density at radius 3 is 2.33 bits per heavy atom. The number of carbonyl (C=O) groups excluding carboxylic acids is 1. The van der Waals surface area contributed by atoms with Crippen LogP contribution in [0.1, 0.15) is 11.1 Å². The quantitative estimate of drug-likeness (QED) is 0.824. The van der Waals surface area contributed by atoms with Gasteiger partial charge in [-0.15, -0.1) is 0 Å². The number of ether oxygens (including phenoxy) is 2. The van der Waals surface area contributed by atoms with Gasteiger partial charge in [-0.1, -0.05) is 60.7 Å². The molecule has 24 heavy (non-hydrogen) atoms. The Hall–Kier alpha value is -2.47. The van der Waals surface area contributed by atoms with Crippen LogP contribution in [0.3, 0.4) is 0 Å². The normalized spacial score (nSPS) is 17.8. The van der Waals surface area contributed by atoms with Crippen molar-refractivity contribution in [2.45, 2.75) is 24.7 Å². The Morgan fingerprint density at radius 2 is 1.75 bits per heavy atom. The fraction of sp³-hybridized carbons (Fsp3) is 0.278. The summed E-state index contributed by atoms with van der Waals surface area (Å²) in [4.78, 5) is 11.9. The first kappa shape index (κ1) is 16.4.